The maximum absolute atomic E-state index is 10.5. The Hall–Kier alpha value is -2.03. The van der Waals surface area contributed by atoms with Crippen molar-refractivity contribution in [3.63, 3.8) is 0 Å². The van der Waals surface area contributed by atoms with E-state index in [-0.39, 0.29) is 30.3 Å². The second kappa shape index (κ2) is 16.3. The zero-order chi connectivity index (χ0) is 28.3. The van der Waals surface area contributed by atoms with Crippen molar-refractivity contribution in [1.29, 1.82) is 5.26 Å². The minimum atomic E-state index is -3.09. The molecule has 0 fully saturated rings. The molecule has 3 rings (SSSR count). The normalized spacial score (nSPS) is 11.8. The summed E-state index contributed by atoms with van der Waals surface area (Å²) < 4.78 is 29.0. The van der Waals surface area contributed by atoms with Gasteiger partial charge in [-0.3, -0.25) is 0 Å². The molecule has 39 heavy (non-hydrogen) atoms. The molecule has 1 unspecified atom stereocenters. The summed E-state index contributed by atoms with van der Waals surface area (Å²) in [6, 6.07) is 17.7. The van der Waals surface area contributed by atoms with Crippen LogP contribution in [0, 0.1) is 31.4 Å². The molecule has 1 aromatic heterocycles. The van der Waals surface area contributed by atoms with E-state index in [1.165, 1.54) is 0 Å². The van der Waals surface area contributed by atoms with E-state index in [0.29, 0.717) is 41.7 Å². The fourth-order valence-electron chi connectivity index (χ4n) is 3.67. The van der Waals surface area contributed by atoms with Crippen LogP contribution in [0.2, 0.25) is 5.02 Å². The summed E-state index contributed by atoms with van der Waals surface area (Å²) >= 11 is 12.1. The third-order valence-corrected chi connectivity index (χ3v) is 6.89. The van der Waals surface area contributed by atoms with Crippen molar-refractivity contribution in [3.8, 4) is 22.9 Å². The fraction of sp³-hybridized carbons (Fsp3) is 0.310. The number of aromatic nitrogens is 1. The van der Waals surface area contributed by atoms with Gasteiger partial charge in [0.1, 0.15) is 12.7 Å². The number of nitrogens with zero attached hydrogens (tertiary/aromatic N) is 2. The molecule has 2 aromatic carbocycles. The van der Waals surface area contributed by atoms with Crippen LogP contribution in [0.5, 0.6) is 5.75 Å². The number of hydrogen-bond donors (Lipinski definition) is 1. The van der Waals surface area contributed by atoms with Crippen LogP contribution in [0.3, 0.4) is 0 Å². The Bertz CT molecular complexity index is 1330. The SMILES string of the molecule is CC(C)(c1ccc(-c2cc[c-]nc2)cc1)c1cc(Cl)c(OCCCl)c(C#N)c1.[CH2-]CCC([CH2-])NS(C)(=O)=O.[Li+]. The van der Waals surface area contributed by atoms with E-state index in [4.69, 9.17) is 27.9 Å². The first-order valence-corrected chi connectivity index (χ1v) is 14.7. The van der Waals surface area contributed by atoms with Crippen molar-refractivity contribution in [3.05, 3.63) is 96.5 Å². The number of nitrogens with one attached hydrogen (secondary N) is 1. The van der Waals surface area contributed by atoms with Gasteiger partial charge in [0.05, 0.1) is 22.7 Å². The summed E-state index contributed by atoms with van der Waals surface area (Å²) in [6.07, 6.45) is 7.06. The van der Waals surface area contributed by atoms with Crippen LogP contribution in [0.1, 0.15) is 43.4 Å². The van der Waals surface area contributed by atoms with Crippen LogP contribution in [0.4, 0.5) is 0 Å². The number of halogens is 2. The molecule has 0 aliphatic carbocycles. The molecule has 0 saturated heterocycles. The van der Waals surface area contributed by atoms with Gasteiger partial charge in [0.15, 0.2) is 5.75 Å². The Morgan fingerprint density at radius 2 is 1.85 bits per heavy atom. The Kier molecular flexibility index (Phi) is 14.6. The molecule has 204 valence electrons. The third-order valence-electron chi connectivity index (χ3n) is 5.70. The maximum atomic E-state index is 10.5. The first kappa shape index (κ1) is 35.0. The quantitative estimate of drug-likeness (QED) is 0.226. The van der Waals surface area contributed by atoms with E-state index in [2.05, 4.69) is 73.9 Å². The zero-order valence-electron chi connectivity index (χ0n) is 22.8. The number of alkyl halides is 1. The molecular weight excluding hydrogens is 548 g/mol. The first-order valence-electron chi connectivity index (χ1n) is 11.9. The first-order chi connectivity index (χ1) is 17.9. The minimum Gasteiger partial charge on any atom is -0.489 e. The average molecular weight is 581 g/mol. The zero-order valence-corrected chi connectivity index (χ0v) is 25.1. The van der Waals surface area contributed by atoms with E-state index in [1.54, 1.807) is 12.3 Å². The monoisotopic (exact) mass is 579 g/mol. The van der Waals surface area contributed by atoms with Crippen LogP contribution in [-0.4, -0.2) is 38.2 Å². The Balaban J connectivity index is 0.000000592. The van der Waals surface area contributed by atoms with Crippen LogP contribution < -0.4 is 28.3 Å². The number of hydrogen-bond acceptors (Lipinski definition) is 5. The van der Waals surface area contributed by atoms with Crippen LogP contribution in [0.15, 0.2) is 54.7 Å². The largest absolute Gasteiger partial charge is 1.00 e. The van der Waals surface area contributed by atoms with E-state index in [1.807, 2.05) is 18.2 Å². The number of pyridine rings is 1. The third kappa shape index (κ3) is 10.8. The molecule has 6 nitrogen and oxygen atoms in total. The second-order valence-corrected chi connectivity index (χ2v) is 11.7. The van der Waals surface area contributed by atoms with Gasteiger partial charge in [0.25, 0.3) is 0 Å². The van der Waals surface area contributed by atoms with Crippen molar-refractivity contribution in [2.75, 3.05) is 18.7 Å². The number of ether oxygens (including phenoxy) is 1. The number of benzene rings is 2. The Labute approximate surface area is 255 Å². The summed E-state index contributed by atoms with van der Waals surface area (Å²) in [5.41, 5.74) is 4.24. The molecule has 0 saturated carbocycles. The van der Waals surface area contributed by atoms with Crippen molar-refractivity contribution < 1.29 is 32.0 Å². The van der Waals surface area contributed by atoms with E-state index in [0.717, 1.165) is 28.5 Å². The van der Waals surface area contributed by atoms with Crippen molar-refractivity contribution >= 4 is 33.2 Å². The summed E-state index contributed by atoms with van der Waals surface area (Å²) in [5, 5.41) is 9.95. The number of nitriles is 1. The molecule has 0 aliphatic rings. The predicted octanol–water partition coefficient (Wildman–Crippen LogP) is 3.37. The second-order valence-electron chi connectivity index (χ2n) is 9.09. The van der Waals surface area contributed by atoms with Gasteiger partial charge in [0, 0.05) is 5.41 Å². The minimum absolute atomic E-state index is 0. The maximum Gasteiger partial charge on any atom is 1.00 e. The standard InChI is InChI=1S/C23H19Cl2N2O.C6H13NO2S.Li/c1-23(2,19-7-5-16(6-8-19)17-4-3-10-27-15-17)20-12-18(14-26)22(21(25)13-20)28-11-9-24;1-4-5-6(2)7-10(3,8)9;/h3-8,12-13,15H,9,11H2,1-2H3;6-7H,1-2,4-5H2,3H3;/q-1;-2;+1. The Morgan fingerprint density at radius 3 is 2.36 bits per heavy atom. The van der Waals surface area contributed by atoms with Crippen LogP contribution in [-0.2, 0) is 15.4 Å². The number of sulfonamides is 1. The molecule has 1 heterocycles. The molecular formula is C29H32Cl2LiN3O3S-2. The fourth-order valence-corrected chi connectivity index (χ4v) is 4.74. The summed E-state index contributed by atoms with van der Waals surface area (Å²) in [5.74, 6) is 0.712. The molecule has 0 radical (unpaired) electrons. The Morgan fingerprint density at radius 1 is 1.18 bits per heavy atom. The van der Waals surface area contributed by atoms with Crippen molar-refractivity contribution in [1.82, 2.24) is 9.71 Å². The number of rotatable bonds is 10. The molecule has 1 N–H and O–H groups in total. The molecule has 1 atom stereocenters. The molecule has 0 aliphatic heterocycles. The van der Waals surface area contributed by atoms with Gasteiger partial charge in [-0.2, -0.15) is 23.8 Å². The van der Waals surface area contributed by atoms with Gasteiger partial charge in [-0.25, -0.2) is 13.1 Å². The van der Waals surface area contributed by atoms with E-state index >= 15 is 0 Å². The molecule has 10 heteroatoms. The summed E-state index contributed by atoms with van der Waals surface area (Å²) in [7, 11) is -3.09. The van der Waals surface area contributed by atoms with Crippen molar-refractivity contribution in [2.45, 2.75) is 38.1 Å². The van der Waals surface area contributed by atoms with E-state index < -0.39 is 10.0 Å². The molecule has 0 bridgehead atoms. The van der Waals surface area contributed by atoms with Gasteiger partial charge in [-0.1, -0.05) is 68.5 Å². The molecule has 0 spiro atoms. The average Bonchev–Trinajstić information content (AvgIpc) is 2.87. The van der Waals surface area contributed by atoms with Gasteiger partial charge in [0.2, 0.25) is 10.0 Å². The van der Waals surface area contributed by atoms with E-state index in [9.17, 15) is 13.7 Å². The predicted molar refractivity (Wildman–Crippen MR) is 155 cm³/mol. The van der Waals surface area contributed by atoms with Gasteiger partial charge in [-0.05, 0) is 28.8 Å². The topological polar surface area (TPSA) is 92.1 Å². The molecule has 0 amide bonds. The summed E-state index contributed by atoms with van der Waals surface area (Å²) in [4.78, 5) is 4.05. The summed E-state index contributed by atoms with van der Waals surface area (Å²) in [6.45, 7) is 11.7. The molecule has 3 aromatic rings. The van der Waals surface area contributed by atoms with Gasteiger partial charge in [-0.15, -0.1) is 23.2 Å². The smallest absolute Gasteiger partial charge is 0.489 e. The van der Waals surface area contributed by atoms with Gasteiger partial charge >= 0.3 is 18.9 Å². The van der Waals surface area contributed by atoms with Crippen LogP contribution in [0.25, 0.3) is 11.1 Å². The van der Waals surface area contributed by atoms with Gasteiger partial charge < -0.3 is 23.6 Å². The van der Waals surface area contributed by atoms with Crippen molar-refractivity contribution in [2.24, 2.45) is 0 Å². The van der Waals surface area contributed by atoms with Crippen LogP contribution >= 0.6 is 23.2 Å².